The summed E-state index contributed by atoms with van der Waals surface area (Å²) >= 11 is 1.33. The number of benzene rings is 1. The number of hydrogen-bond acceptors (Lipinski definition) is 4. The molecule has 1 N–H and O–H groups in total. The summed E-state index contributed by atoms with van der Waals surface area (Å²) in [4.78, 5) is 35.6. The second-order valence-electron chi connectivity index (χ2n) is 6.60. The molecule has 0 heterocycles. The highest BCUT2D eigenvalue weighted by atomic mass is 32.2. The zero-order valence-corrected chi connectivity index (χ0v) is 15.3. The molecule has 1 aromatic carbocycles. The number of aryl methyl sites for hydroxylation is 1. The van der Waals surface area contributed by atoms with Crippen LogP contribution in [0.1, 0.15) is 44.2 Å². The minimum absolute atomic E-state index is 0.0309. The molecular formula is C19H25NO3S. The predicted octanol–water partition coefficient (Wildman–Crippen LogP) is 3.06. The van der Waals surface area contributed by atoms with Crippen LogP contribution < -0.4 is 5.32 Å². The molecule has 0 aromatic heterocycles. The third kappa shape index (κ3) is 5.48. The summed E-state index contributed by atoms with van der Waals surface area (Å²) in [5.41, 5.74) is 2.21. The Bertz CT molecular complexity index is 612. The average molecular weight is 347 g/mol. The number of amides is 1. The van der Waals surface area contributed by atoms with Crippen molar-refractivity contribution in [2.75, 3.05) is 0 Å². The maximum Gasteiger partial charge on any atom is 0.223 e. The number of Topliss-reactive ketones (excluding diaryl/α,β-unsaturated/α-hetero) is 1. The van der Waals surface area contributed by atoms with Gasteiger partial charge in [0, 0.05) is 18.1 Å². The van der Waals surface area contributed by atoms with E-state index in [4.69, 9.17) is 0 Å². The second kappa shape index (κ2) is 8.47. The molecule has 1 aliphatic carbocycles. The fourth-order valence-corrected chi connectivity index (χ4v) is 4.12. The molecule has 5 heteroatoms. The zero-order valence-electron chi connectivity index (χ0n) is 14.5. The first kappa shape index (κ1) is 18.7. The van der Waals surface area contributed by atoms with Crippen LogP contribution in [0.5, 0.6) is 0 Å². The van der Waals surface area contributed by atoms with Crippen LogP contribution in [0.25, 0.3) is 0 Å². The molecule has 0 saturated heterocycles. The van der Waals surface area contributed by atoms with E-state index in [-0.39, 0.29) is 28.0 Å². The first-order valence-corrected chi connectivity index (χ1v) is 9.26. The third-order valence-electron chi connectivity index (χ3n) is 4.46. The predicted molar refractivity (Wildman–Crippen MR) is 96.9 cm³/mol. The normalized spacial score (nSPS) is 21.3. The molecule has 1 fully saturated rings. The van der Waals surface area contributed by atoms with Crippen molar-refractivity contribution in [3.05, 3.63) is 35.4 Å². The molecular weight excluding hydrogens is 322 g/mol. The van der Waals surface area contributed by atoms with Crippen LogP contribution in [0, 0.1) is 12.8 Å². The molecule has 2 rings (SSSR count). The number of carbonyl (C=O) groups is 3. The van der Waals surface area contributed by atoms with Gasteiger partial charge in [0.1, 0.15) is 0 Å². The van der Waals surface area contributed by atoms with Crippen molar-refractivity contribution in [3.8, 4) is 0 Å². The molecule has 0 bridgehead atoms. The summed E-state index contributed by atoms with van der Waals surface area (Å²) in [5.74, 6) is -0.188. The molecule has 1 aliphatic rings. The summed E-state index contributed by atoms with van der Waals surface area (Å²) in [6.07, 6.45) is 2.89. The lowest BCUT2D eigenvalue weighted by molar-refractivity contribution is -0.129. The lowest BCUT2D eigenvalue weighted by Crippen LogP contribution is -2.43. The van der Waals surface area contributed by atoms with Gasteiger partial charge in [-0.05, 0) is 45.1 Å². The van der Waals surface area contributed by atoms with Gasteiger partial charge in [-0.3, -0.25) is 14.4 Å². The summed E-state index contributed by atoms with van der Waals surface area (Å²) in [5, 5.41) is 3.24. The largest absolute Gasteiger partial charge is 0.346 e. The molecule has 1 amide bonds. The number of rotatable bonds is 6. The fourth-order valence-electron chi connectivity index (χ4n) is 3.07. The zero-order chi connectivity index (χ0) is 17.7. The van der Waals surface area contributed by atoms with Crippen LogP contribution in [-0.4, -0.2) is 28.1 Å². The third-order valence-corrected chi connectivity index (χ3v) is 5.55. The van der Waals surface area contributed by atoms with Gasteiger partial charge in [0.15, 0.2) is 10.9 Å². The van der Waals surface area contributed by atoms with Gasteiger partial charge in [-0.2, -0.15) is 0 Å². The van der Waals surface area contributed by atoms with Gasteiger partial charge in [0.25, 0.3) is 0 Å². The van der Waals surface area contributed by atoms with E-state index >= 15 is 0 Å². The van der Waals surface area contributed by atoms with Crippen LogP contribution in [-0.2, 0) is 20.8 Å². The summed E-state index contributed by atoms with van der Waals surface area (Å²) < 4.78 is 0. The van der Waals surface area contributed by atoms with E-state index in [1.54, 1.807) is 6.92 Å². The first-order chi connectivity index (χ1) is 11.3. The molecule has 0 radical (unpaired) electrons. The average Bonchev–Trinajstić information content (AvgIpc) is 2.96. The van der Waals surface area contributed by atoms with Crippen molar-refractivity contribution in [1.82, 2.24) is 5.32 Å². The maximum atomic E-state index is 12.5. The fraction of sp³-hybridized carbons (Fsp3) is 0.526. The number of hydrogen-bond donors (Lipinski definition) is 1. The van der Waals surface area contributed by atoms with Crippen molar-refractivity contribution in [2.24, 2.45) is 5.92 Å². The highest BCUT2D eigenvalue weighted by molar-refractivity contribution is 8.14. The van der Waals surface area contributed by atoms with Crippen LogP contribution in [0.15, 0.2) is 24.3 Å². The summed E-state index contributed by atoms with van der Waals surface area (Å²) in [6.45, 7) is 5.09. The highest BCUT2D eigenvalue weighted by Gasteiger charge is 2.32. The van der Waals surface area contributed by atoms with E-state index < -0.39 is 6.04 Å². The molecule has 24 heavy (non-hydrogen) atoms. The van der Waals surface area contributed by atoms with Crippen molar-refractivity contribution in [3.63, 3.8) is 0 Å². The Kier molecular flexibility index (Phi) is 6.60. The van der Waals surface area contributed by atoms with E-state index in [1.807, 2.05) is 31.2 Å². The van der Waals surface area contributed by atoms with Gasteiger partial charge in [0.05, 0.1) is 6.04 Å². The Labute approximate surface area is 147 Å². The van der Waals surface area contributed by atoms with E-state index in [0.29, 0.717) is 12.8 Å². The second-order valence-corrected chi connectivity index (χ2v) is 8.08. The van der Waals surface area contributed by atoms with Crippen molar-refractivity contribution in [1.29, 1.82) is 0 Å². The number of ketones is 1. The summed E-state index contributed by atoms with van der Waals surface area (Å²) in [7, 11) is 0. The number of carbonyl (C=O) groups excluding carboxylic acids is 3. The highest BCUT2D eigenvalue weighted by Crippen LogP contribution is 2.34. The lowest BCUT2D eigenvalue weighted by Gasteiger charge is -2.19. The molecule has 1 saturated carbocycles. The van der Waals surface area contributed by atoms with Gasteiger partial charge < -0.3 is 5.32 Å². The molecule has 0 aliphatic heterocycles. The number of nitrogens with one attached hydrogen (secondary N) is 1. The van der Waals surface area contributed by atoms with Gasteiger partial charge >= 0.3 is 0 Å². The van der Waals surface area contributed by atoms with Crippen molar-refractivity contribution < 1.29 is 14.4 Å². The van der Waals surface area contributed by atoms with Gasteiger partial charge in [-0.15, -0.1) is 0 Å². The van der Waals surface area contributed by atoms with Gasteiger partial charge in [0.2, 0.25) is 5.91 Å². The smallest absolute Gasteiger partial charge is 0.223 e. The Balaban J connectivity index is 1.93. The monoisotopic (exact) mass is 347 g/mol. The Morgan fingerprint density at radius 1 is 1.17 bits per heavy atom. The first-order valence-electron chi connectivity index (χ1n) is 8.38. The van der Waals surface area contributed by atoms with Crippen LogP contribution in [0.4, 0.5) is 0 Å². The topological polar surface area (TPSA) is 63.2 Å². The van der Waals surface area contributed by atoms with Gasteiger partial charge in [-0.25, -0.2) is 0 Å². The quantitative estimate of drug-likeness (QED) is 0.859. The Hall–Kier alpha value is -1.62. The molecule has 3 atom stereocenters. The minimum Gasteiger partial charge on any atom is -0.346 e. The van der Waals surface area contributed by atoms with E-state index in [0.717, 1.165) is 18.4 Å². The molecule has 2 unspecified atom stereocenters. The van der Waals surface area contributed by atoms with E-state index in [2.05, 4.69) is 5.32 Å². The SMILES string of the molecule is CC(=O)SC1CCC(C(=O)N[C@@H](Cc2ccc(C)cc2)C(C)=O)C1. The van der Waals surface area contributed by atoms with Gasteiger partial charge in [-0.1, -0.05) is 41.6 Å². The van der Waals surface area contributed by atoms with Crippen molar-refractivity contribution in [2.45, 2.75) is 57.7 Å². The standard InChI is InChI=1S/C19H25NO3S/c1-12-4-6-15(7-5-12)10-18(13(2)21)20-19(23)16-8-9-17(11-16)24-14(3)22/h4-7,16-18H,8-11H2,1-3H3,(H,20,23)/t16?,17?,18-/m0/s1. The van der Waals surface area contributed by atoms with Crippen LogP contribution in [0.3, 0.4) is 0 Å². The van der Waals surface area contributed by atoms with Crippen LogP contribution >= 0.6 is 11.8 Å². The molecule has 130 valence electrons. The molecule has 0 spiro atoms. The molecule has 1 aromatic rings. The molecule has 4 nitrogen and oxygen atoms in total. The number of thioether (sulfide) groups is 1. The Morgan fingerprint density at radius 3 is 2.42 bits per heavy atom. The van der Waals surface area contributed by atoms with Crippen molar-refractivity contribution >= 4 is 28.6 Å². The minimum atomic E-state index is -0.486. The van der Waals surface area contributed by atoms with E-state index in [9.17, 15) is 14.4 Å². The Morgan fingerprint density at radius 2 is 1.83 bits per heavy atom. The maximum absolute atomic E-state index is 12.5. The van der Waals surface area contributed by atoms with Crippen LogP contribution in [0.2, 0.25) is 0 Å². The van der Waals surface area contributed by atoms with E-state index in [1.165, 1.54) is 24.2 Å². The summed E-state index contributed by atoms with van der Waals surface area (Å²) in [6, 6.07) is 7.52. The lowest BCUT2D eigenvalue weighted by atomic mass is 10.0.